The van der Waals surface area contributed by atoms with Crippen LogP contribution in [0, 0.1) is 5.82 Å². The molecule has 2 aliphatic heterocycles. The highest BCUT2D eigenvalue weighted by Crippen LogP contribution is 2.37. The molecule has 4 rings (SSSR count). The van der Waals surface area contributed by atoms with Gasteiger partial charge in [0.25, 0.3) is 0 Å². The van der Waals surface area contributed by atoms with E-state index in [0.29, 0.717) is 37.9 Å². The molecule has 1 fully saturated rings. The summed E-state index contributed by atoms with van der Waals surface area (Å²) in [5.41, 5.74) is 1.16. The van der Waals surface area contributed by atoms with Crippen LogP contribution in [0.4, 0.5) is 15.8 Å². The maximum Gasteiger partial charge on any atom is 0.130 e. The minimum atomic E-state index is -0.789. The van der Waals surface area contributed by atoms with Crippen molar-refractivity contribution in [2.24, 2.45) is 0 Å². The molecular weight excluding hydrogens is 299 g/mol. The molecule has 0 radical (unpaired) electrons. The van der Waals surface area contributed by atoms with Crippen molar-refractivity contribution in [1.29, 1.82) is 0 Å². The van der Waals surface area contributed by atoms with Gasteiger partial charge in [-0.3, -0.25) is 0 Å². The van der Waals surface area contributed by atoms with Gasteiger partial charge in [-0.05, 0) is 24.3 Å². The number of fused-ring (bicyclic) bond motifs is 1. The number of nitrogens with one attached hydrogen (secondary N) is 1. The van der Waals surface area contributed by atoms with Crippen LogP contribution in [0.25, 0.3) is 0 Å². The first-order valence-electron chi connectivity index (χ1n) is 7.48. The van der Waals surface area contributed by atoms with Gasteiger partial charge in [-0.15, -0.1) is 0 Å². The number of hydrogen-bond donors (Lipinski definition) is 2. The first-order valence-corrected chi connectivity index (χ1v) is 7.48. The van der Waals surface area contributed by atoms with Crippen molar-refractivity contribution in [1.82, 2.24) is 0 Å². The van der Waals surface area contributed by atoms with E-state index in [1.165, 1.54) is 12.1 Å². The van der Waals surface area contributed by atoms with E-state index in [1.54, 1.807) is 12.1 Å². The Morgan fingerprint density at radius 3 is 2.78 bits per heavy atom. The predicted octanol–water partition coefficient (Wildman–Crippen LogP) is 2.57. The van der Waals surface area contributed by atoms with Gasteiger partial charge < -0.3 is 24.8 Å². The number of aliphatic hydroxyl groups is 1. The van der Waals surface area contributed by atoms with E-state index in [1.807, 2.05) is 18.2 Å². The van der Waals surface area contributed by atoms with Crippen molar-refractivity contribution in [3.8, 4) is 11.5 Å². The molecule has 0 saturated carbocycles. The first-order chi connectivity index (χ1) is 11.1. The van der Waals surface area contributed by atoms with Gasteiger partial charge in [0, 0.05) is 12.1 Å². The lowest BCUT2D eigenvalue weighted by Gasteiger charge is -2.39. The number of benzene rings is 2. The van der Waals surface area contributed by atoms with Crippen LogP contribution in [0.2, 0.25) is 0 Å². The van der Waals surface area contributed by atoms with E-state index < -0.39 is 5.60 Å². The molecular formula is C17H17FN2O3. The van der Waals surface area contributed by atoms with E-state index in [4.69, 9.17) is 9.47 Å². The van der Waals surface area contributed by atoms with Crippen molar-refractivity contribution in [3.63, 3.8) is 0 Å². The molecule has 0 unspecified atom stereocenters. The summed E-state index contributed by atoms with van der Waals surface area (Å²) in [7, 11) is 0. The Morgan fingerprint density at radius 1 is 1.22 bits per heavy atom. The van der Waals surface area contributed by atoms with Crippen LogP contribution in [0.3, 0.4) is 0 Å². The monoisotopic (exact) mass is 316 g/mol. The zero-order chi connectivity index (χ0) is 15.9. The van der Waals surface area contributed by atoms with Crippen LogP contribution in [-0.2, 0) is 4.74 Å². The number of halogens is 1. The summed E-state index contributed by atoms with van der Waals surface area (Å²) in [4.78, 5) is 2.05. The third kappa shape index (κ3) is 2.83. The molecule has 0 aromatic heterocycles. The third-order valence-corrected chi connectivity index (χ3v) is 4.03. The second kappa shape index (κ2) is 5.40. The molecule has 5 nitrogen and oxygen atoms in total. The summed E-state index contributed by atoms with van der Waals surface area (Å²) in [6, 6.07) is 11.7. The SMILES string of the molecule is OC1(CN2CNc3ccc(Oc4cccc(F)c4)cc32)COC1. The van der Waals surface area contributed by atoms with Crippen molar-refractivity contribution in [2.75, 3.05) is 36.6 Å². The van der Waals surface area contributed by atoms with Crippen molar-refractivity contribution in [2.45, 2.75) is 5.60 Å². The summed E-state index contributed by atoms with van der Waals surface area (Å²) in [6.07, 6.45) is 0. The highest BCUT2D eigenvalue weighted by atomic mass is 19.1. The third-order valence-electron chi connectivity index (χ3n) is 4.03. The minimum absolute atomic E-state index is 0.334. The van der Waals surface area contributed by atoms with E-state index in [-0.39, 0.29) is 5.82 Å². The largest absolute Gasteiger partial charge is 0.457 e. The van der Waals surface area contributed by atoms with E-state index in [0.717, 1.165) is 11.4 Å². The first kappa shape index (κ1) is 14.3. The molecule has 0 amide bonds. The van der Waals surface area contributed by atoms with Crippen LogP contribution >= 0.6 is 0 Å². The zero-order valence-corrected chi connectivity index (χ0v) is 12.5. The molecule has 2 aliphatic rings. The maximum absolute atomic E-state index is 13.2. The van der Waals surface area contributed by atoms with Crippen LogP contribution in [0.1, 0.15) is 0 Å². The quantitative estimate of drug-likeness (QED) is 0.908. The van der Waals surface area contributed by atoms with E-state index >= 15 is 0 Å². The van der Waals surface area contributed by atoms with Crippen molar-refractivity contribution < 1.29 is 19.0 Å². The van der Waals surface area contributed by atoms with Crippen LogP contribution in [0.15, 0.2) is 42.5 Å². The Balaban J connectivity index is 1.55. The lowest BCUT2D eigenvalue weighted by Crippen LogP contribution is -2.57. The smallest absolute Gasteiger partial charge is 0.130 e. The number of β-amino-alcohol motifs (C(OH)–C–C–N with tert-alkyl or cyclic N) is 1. The number of ether oxygens (including phenoxy) is 2. The van der Waals surface area contributed by atoms with Gasteiger partial charge in [0.1, 0.15) is 22.9 Å². The molecule has 120 valence electrons. The van der Waals surface area contributed by atoms with Gasteiger partial charge in [0.2, 0.25) is 0 Å². The topological polar surface area (TPSA) is 54.0 Å². The molecule has 0 aliphatic carbocycles. The minimum Gasteiger partial charge on any atom is -0.457 e. The van der Waals surface area contributed by atoms with Gasteiger partial charge in [0.05, 0.1) is 37.8 Å². The summed E-state index contributed by atoms with van der Waals surface area (Å²) in [6.45, 7) is 1.84. The Bertz CT molecular complexity index is 734. The lowest BCUT2D eigenvalue weighted by atomic mass is 10.0. The van der Waals surface area contributed by atoms with Crippen LogP contribution < -0.4 is 15.0 Å². The predicted molar refractivity (Wildman–Crippen MR) is 84.5 cm³/mol. The number of anilines is 2. The number of rotatable bonds is 4. The van der Waals surface area contributed by atoms with Gasteiger partial charge in [0.15, 0.2) is 0 Å². The average molecular weight is 316 g/mol. The van der Waals surface area contributed by atoms with E-state index in [2.05, 4.69) is 10.2 Å². The summed E-state index contributed by atoms with van der Waals surface area (Å²) < 4.78 is 24.1. The molecule has 0 spiro atoms. The number of nitrogens with zero attached hydrogens (tertiary/aromatic N) is 1. The highest BCUT2D eigenvalue weighted by molar-refractivity contribution is 5.76. The fourth-order valence-electron chi connectivity index (χ4n) is 2.84. The molecule has 0 atom stereocenters. The van der Waals surface area contributed by atoms with Crippen molar-refractivity contribution >= 4 is 11.4 Å². The van der Waals surface area contributed by atoms with Crippen LogP contribution in [-0.4, -0.2) is 37.1 Å². The molecule has 1 saturated heterocycles. The summed E-state index contributed by atoms with van der Waals surface area (Å²) in [5.74, 6) is 0.743. The second-order valence-corrected chi connectivity index (χ2v) is 5.99. The average Bonchev–Trinajstić information content (AvgIpc) is 2.88. The molecule has 6 heteroatoms. The molecule has 2 aromatic rings. The molecule has 2 aromatic carbocycles. The Morgan fingerprint density at radius 2 is 2.04 bits per heavy atom. The normalized spacial score (nSPS) is 18.1. The summed E-state index contributed by atoms with van der Waals surface area (Å²) in [5, 5.41) is 13.5. The fourth-order valence-corrected chi connectivity index (χ4v) is 2.84. The molecule has 2 heterocycles. The van der Waals surface area contributed by atoms with Gasteiger partial charge in [-0.25, -0.2) is 4.39 Å². The zero-order valence-electron chi connectivity index (χ0n) is 12.5. The standard InChI is InChI=1S/C17H17FN2O3/c18-12-2-1-3-13(6-12)23-14-4-5-15-16(7-14)20(11-19-15)8-17(21)9-22-10-17/h1-7,19,21H,8-11H2. The molecule has 23 heavy (non-hydrogen) atoms. The number of hydrogen-bond acceptors (Lipinski definition) is 5. The van der Waals surface area contributed by atoms with Gasteiger partial charge >= 0.3 is 0 Å². The maximum atomic E-state index is 13.2. The Kier molecular flexibility index (Phi) is 3.36. The highest BCUT2D eigenvalue weighted by Gasteiger charge is 2.39. The van der Waals surface area contributed by atoms with Crippen molar-refractivity contribution in [3.05, 3.63) is 48.3 Å². The van der Waals surface area contributed by atoms with Gasteiger partial charge in [-0.1, -0.05) is 6.07 Å². The fraction of sp³-hybridized carbons (Fsp3) is 0.294. The molecule has 0 bridgehead atoms. The van der Waals surface area contributed by atoms with Crippen LogP contribution in [0.5, 0.6) is 11.5 Å². The second-order valence-electron chi connectivity index (χ2n) is 5.99. The molecule has 2 N–H and O–H groups in total. The summed E-state index contributed by atoms with van der Waals surface area (Å²) >= 11 is 0. The Labute approximate surface area is 133 Å². The lowest BCUT2D eigenvalue weighted by molar-refractivity contribution is -0.171. The van der Waals surface area contributed by atoms with Gasteiger partial charge in [-0.2, -0.15) is 0 Å². The Hall–Kier alpha value is -2.31. The van der Waals surface area contributed by atoms with E-state index in [9.17, 15) is 9.50 Å².